The van der Waals surface area contributed by atoms with Crippen LogP contribution in [0, 0.1) is 0 Å². The van der Waals surface area contributed by atoms with Gasteiger partial charge in [-0.3, -0.25) is 0 Å². The lowest BCUT2D eigenvalue weighted by Gasteiger charge is -2.28. The predicted octanol–water partition coefficient (Wildman–Crippen LogP) is 0.874. The lowest BCUT2D eigenvalue weighted by atomic mass is 9.87. The third kappa shape index (κ3) is 2.35. The topological polar surface area (TPSA) is 58.6 Å². The molecule has 0 N–H and O–H groups in total. The fraction of sp³-hybridized carbons (Fsp3) is 0.462. The summed E-state index contributed by atoms with van der Waals surface area (Å²) in [6, 6.07) is 5.55. The molecule has 2 rings (SSSR count). The van der Waals surface area contributed by atoms with Crippen LogP contribution in [0.3, 0.4) is 0 Å². The first-order chi connectivity index (χ1) is 7.88. The molecule has 0 aliphatic carbocycles. The molecule has 1 atom stereocenters. The molecular formula is C13H15O4-. The van der Waals surface area contributed by atoms with Gasteiger partial charge in [0.1, 0.15) is 6.61 Å². The molecule has 0 aromatic heterocycles. The quantitative estimate of drug-likeness (QED) is 0.724. The Labute approximate surface area is 100 Å². The Balaban J connectivity index is 2.29. The van der Waals surface area contributed by atoms with E-state index >= 15 is 0 Å². The summed E-state index contributed by atoms with van der Waals surface area (Å²) in [6.07, 6.45) is -1.03. The Hall–Kier alpha value is -1.71. The number of ether oxygens (including phenoxy) is 2. The van der Waals surface area contributed by atoms with Crippen molar-refractivity contribution in [2.45, 2.75) is 32.3 Å². The Bertz CT molecular complexity index is 445. The molecule has 0 radical (unpaired) electrons. The Kier molecular flexibility index (Phi) is 2.73. The maximum Gasteiger partial charge on any atom is 0.172 e. The number of carbonyl (C=O) groups is 1. The molecule has 4 nitrogen and oxygen atoms in total. The molecule has 1 aromatic rings. The molecule has 1 aromatic carbocycles. The summed E-state index contributed by atoms with van der Waals surface area (Å²) in [6.45, 7) is 6.29. The van der Waals surface area contributed by atoms with E-state index < -0.39 is 12.1 Å². The van der Waals surface area contributed by atoms with Crippen LogP contribution in [0.5, 0.6) is 11.5 Å². The average Bonchev–Trinajstić information content (AvgIpc) is 2.26. The number of carboxylic acid groups (broad SMARTS) is 1. The van der Waals surface area contributed by atoms with Crippen LogP contribution in [0.1, 0.15) is 26.3 Å². The van der Waals surface area contributed by atoms with E-state index in [0.29, 0.717) is 11.5 Å². The molecule has 1 aliphatic rings. The normalized spacial score (nSPS) is 18.9. The van der Waals surface area contributed by atoms with E-state index in [2.05, 4.69) is 20.8 Å². The first-order valence-corrected chi connectivity index (χ1v) is 5.53. The highest BCUT2D eigenvalue weighted by Crippen LogP contribution is 2.35. The SMILES string of the molecule is CC(C)(C)c1ccc2c(c1)OC[C@H](C(=O)[O-])O2. The van der Waals surface area contributed by atoms with Gasteiger partial charge in [0.25, 0.3) is 0 Å². The van der Waals surface area contributed by atoms with Gasteiger partial charge in [0.15, 0.2) is 17.6 Å². The number of fused-ring (bicyclic) bond motifs is 1. The van der Waals surface area contributed by atoms with Gasteiger partial charge in [-0.15, -0.1) is 0 Å². The van der Waals surface area contributed by atoms with Crippen LogP contribution in [0.4, 0.5) is 0 Å². The summed E-state index contributed by atoms with van der Waals surface area (Å²) in [7, 11) is 0. The fourth-order valence-electron chi connectivity index (χ4n) is 1.65. The molecule has 17 heavy (non-hydrogen) atoms. The van der Waals surface area contributed by atoms with E-state index in [0.717, 1.165) is 5.56 Å². The Morgan fingerprint density at radius 1 is 1.35 bits per heavy atom. The summed E-state index contributed by atoms with van der Waals surface area (Å²) < 4.78 is 10.7. The van der Waals surface area contributed by atoms with Crippen LogP contribution in [0.15, 0.2) is 18.2 Å². The largest absolute Gasteiger partial charge is 0.546 e. The lowest BCUT2D eigenvalue weighted by Crippen LogP contribution is -2.45. The van der Waals surface area contributed by atoms with E-state index in [1.807, 2.05) is 12.1 Å². The standard InChI is InChI=1S/C13H16O4/c1-13(2,3)8-4-5-9-10(6-8)16-7-11(17-9)12(14)15/h4-6,11H,7H2,1-3H3,(H,14,15)/p-1/t11-/m1/s1. The van der Waals surface area contributed by atoms with Crippen molar-refractivity contribution < 1.29 is 19.4 Å². The van der Waals surface area contributed by atoms with Gasteiger partial charge in [0, 0.05) is 0 Å². The van der Waals surface area contributed by atoms with Gasteiger partial charge in [-0.2, -0.15) is 0 Å². The number of carboxylic acids is 1. The smallest absolute Gasteiger partial charge is 0.172 e. The zero-order valence-corrected chi connectivity index (χ0v) is 10.1. The van der Waals surface area contributed by atoms with Gasteiger partial charge < -0.3 is 19.4 Å². The minimum Gasteiger partial charge on any atom is -0.546 e. The van der Waals surface area contributed by atoms with Crippen molar-refractivity contribution in [2.24, 2.45) is 0 Å². The first-order valence-electron chi connectivity index (χ1n) is 5.53. The second kappa shape index (κ2) is 3.95. The lowest BCUT2D eigenvalue weighted by molar-refractivity contribution is -0.315. The molecule has 1 heterocycles. The van der Waals surface area contributed by atoms with E-state index in [9.17, 15) is 9.90 Å². The molecule has 0 spiro atoms. The van der Waals surface area contributed by atoms with Crippen molar-refractivity contribution in [1.29, 1.82) is 0 Å². The molecule has 1 aliphatic heterocycles. The first kappa shape index (κ1) is 11.8. The third-order valence-electron chi connectivity index (χ3n) is 2.73. The number of hydrogen-bond donors (Lipinski definition) is 0. The zero-order chi connectivity index (χ0) is 12.6. The fourth-order valence-corrected chi connectivity index (χ4v) is 1.65. The Morgan fingerprint density at radius 2 is 2.06 bits per heavy atom. The van der Waals surface area contributed by atoms with Crippen LogP contribution in [-0.2, 0) is 10.2 Å². The Morgan fingerprint density at radius 3 is 2.65 bits per heavy atom. The monoisotopic (exact) mass is 235 g/mol. The van der Waals surface area contributed by atoms with Crippen LogP contribution in [0.2, 0.25) is 0 Å². The second-order valence-electron chi connectivity index (χ2n) is 5.15. The van der Waals surface area contributed by atoms with Gasteiger partial charge in [-0.1, -0.05) is 26.8 Å². The van der Waals surface area contributed by atoms with Crippen LogP contribution < -0.4 is 14.6 Å². The third-order valence-corrected chi connectivity index (χ3v) is 2.73. The maximum atomic E-state index is 10.7. The maximum absolute atomic E-state index is 10.7. The van der Waals surface area contributed by atoms with E-state index in [4.69, 9.17) is 9.47 Å². The molecule has 0 amide bonds. The number of hydrogen-bond acceptors (Lipinski definition) is 4. The highest BCUT2D eigenvalue weighted by molar-refractivity contribution is 5.71. The second-order valence-corrected chi connectivity index (χ2v) is 5.15. The van der Waals surface area contributed by atoms with Crippen molar-refractivity contribution in [1.82, 2.24) is 0 Å². The number of carbonyl (C=O) groups excluding carboxylic acids is 1. The van der Waals surface area contributed by atoms with Crippen LogP contribution >= 0.6 is 0 Å². The molecule has 4 heteroatoms. The van der Waals surface area contributed by atoms with E-state index in [1.165, 1.54) is 0 Å². The van der Waals surface area contributed by atoms with Gasteiger partial charge in [0.05, 0.1) is 5.97 Å². The van der Waals surface area contributed by atoms with Crippen molar-refractivity contribution in [3.05, 3.63) is 23.8 Å². The zero-order valence-electron chi connectivity index (χ0n) is 10.1. The minimum atomic E-state index is -1.25. The minimum absolute atomic E-state index is 0.0110. The van der Waals surface area contributed by atoms with Crippen molar-refractivity contribution >= 4 is 5.97 Å². The molecule has 92 valence electrons. The highest BCUT2D eigenvalue weighted by atomic mass is 16.6. The van der Waals surface area contributed by atoms with E-state index in [1.54, 1.807) is 6.07 Å². The molecule has 0 saturated carbocycles. The summed E-state index contributed by atoms with van der Waals surface area (Å²) in [4.78, 5) is 10.7. The van der Waals surface area contributed by atoms with Crippen molar-refractivity contribution in [3.8, 4) is 11.5 Å². The van der Waals surface area contributed by atoms with Crippen LogP contribution in [0.25, 0.3) is 0 Å². The molecular weight excluding hydrogens is 220 g/mol. The average molecular weight is 235 g/mol. The van der Waals surface area contributed by atoms with Gasteiger partial charge in [0.2, 0.25) is 0 Å². The van der Waals surface area contributed by atoms with Crippen LogP contribution in [-0.4, -0.2) is 18.7 Å². The summed E-state index contributed by atoms with van der Waals surface area (Å²) in [5, 5.41) is 10.7. The summed E-state index contributed by atoms with van der Waals surface area (Å²) in [5.41, 5.74) is 1.13. The molecule has 0 bridgehead atoms. The van der Waals surface area contributed by atoms with Crippen molar-refractivity contribution in [3.63, 3.8) is 0 Å². The van der Waals surface area contributed by atoms with Gasteiger partial charge in [-0.25, -0.2) is 0 Å². The number of benzene rings is 1. The number of aliphatic carboxylic acids is 1. The summed E-state index contributed by atoms with van der Waals surface area (Å²) >= 11 is 0. The van der Waals surface area contributed by atoms with Gasteiger partial charge in [-0.05, 0) is 23.1 Å². The summed E-state index contributed by atoms with van der Waals surface area (Å²) in [5.74, 6) is -0.205. The number of rotatable bonds is 1. The molecule has 0 unspecified atom stereocenters. The van der Waals surface area contributed by atoms with Gasteiger partial charge >= 0.3 is 0 Å². The molecule has 0 fully saturated rings. The van der Waals surface area contributed by atoms with E-state index in [-0.39, 0.29) is 12.0 Å². The molecule has 0 saturated heterocycles. The highest BCUT2D eigenvalue weighted by Gasteiger charge is 2.24. The predicted molar refractivity (Wildman–Crippen MR) is 60.1 cm³/mol. The van der Waals surface area contributed by atoms with Crippen molar-refractivity contribution in [2.75, 3.05) is 6.61 Å².